The van der Waals surface area contributed by atoms with E-state index in [1.165, 1.54) is 41.7 Å². The largest absolute Gasteiger partial charge is 0.417 e. The molecule has 1 N–H and O–H groups in total. The number of nitrogens with zero attached hydrogens (tertiary/aromatic N) is 5. The number of anilines is 2. The third-order valence-electron chi connectivity index (χ3n) is 4.89. The first-order chi connectivity index (χ1) is 15.3. The van der Waals surface area contributed by atoms with Crippen LogP contribution in [-0.2, 0) is 12.7 Å². The predicted octanol–water partition coefficient (Wildman–Crippen LogP) is 3.67. The molecule has 0 spiro atoms. The summed E-state index contributed by atoms with van der Waals surface area (Å²) in [6.45, 7) is 3.05. The number of carbonyl (C=O) groups is 1. The summed E-state index contributed by atoms with van der Waals surface area (Å²) in [7, 11) is 0. The van der Waals surface area contributed by atoms with Crippen LogP contribution in [0.3, 0.4) is 0 Å². The van der Waals surface area contributed by atoms with Crippen molar-refractivity contribution >= 4 is 28.7 Å². The van der Waals surface area contributed by atoms with Gasteiger partial charge >= 0.3 is 6.18 Å². The van der Waals surface area contributed by atoms with Crippen LogP contribution < -0.4 is 10.2 Å². The summed E-state index contributed by atoms with van der Waals surface area (Å²) in [4.78, 5) is 20.3. The summed E-state index contributed by atoms with van der Waals surface area (Å²) >= 11 is 1.18. The first-order valence-corrected chi connectivity index (χ1v) is 10.5. The van der Waals surface area contributed by atoms with Crippen LogP contribution in [0, 0.1) is 5.82 Å². The topological polar surface area (TPSA) is 74.2 Å². The Morgan fingerprint density at radius 2 is 1.75 bits per heavy atom. The monoisotopic (exact) mass is 466 g/mol. The van der Waals surface area contributed by atoms with E-state index in [2.05, 4.69) is 25.4 Å². The number of amides is 1. The zero-order valence-corrected chi connectivity index (χ0v) is 17.5. The predicted molar refractivity (Wildman–Crippen MR) is 111 cm³/mol. The molecule has 3 aromatic rings. The van der Waals surface area contributed by atoms with E-state index in [4.69, 9.17) is 0 Å². The van der Waals surface area contributed by atoms with Gasteiger partial charge in [-0.2, -0.15) is 13.2 Å². The van der Waals surface area contributed by atoms with E-state index >= 15 is 0 Å². The lowest BCUT2D eigenvalue weighted by Gasteiger charge is -2.34. The molecule has 12 heteroatoms. The Kier molecular flexibility index (Phi) is 6.33. The Morgan fingerprint density at radius 1 is 1.03 bits per heavy atom. The molecule has 1 fully saturated rings. The number of carbonyl (C=O) groups excluding carboxylic acids is 1. The normalized spacial score (nSPS) is 15.1. The van der Waals surface area contributed by atoms with Gasteiger partial charge in [0.2, 0.25) is 5.01 Å². The first kappa shape index (κ1) is 22.1. The van der Waals surface area contributed by atoms with E-state index in [1.807, 2.05) is 4.90 Å². The van der Waals surface area contributed by atoms with Crippen LogP contribution in [-0.4, -0.2) is 52.2 Å². The van der Waals surface area contributed by atoms with Crippen LogP contribution in [0.2, 0.25) is 0 Å². The maximum atomic E-state index is 13.0. The molecule has 0 bridgehead atoms. The second-order valence-corrected chi connectivity index (χ2v) is 8.19. The molecule has 0 aliphatic carbocycles. The van der Waals surface area contributed by atoms with Gasteiger partial charge in [0.05, 0.1) is 12.1 Å². The van der Waals surface area contributed by atoms with Crippen molar-refractivity contribution < 1.29 is 22.4 Å². The number of pyridine rings is 1. The molecule has 168 valence electrons. The molecule has 7 nitrogen and oxygen atoms in total. The highest BCUT2D eigenvalue weighted by Crippen LogP contribution is 2.29. The lowest BCUT2D eigenvalue weighted by molar-refractivity contribution is -0.137. The van der Waals surface area contributed by atoms with Crippen molar-refractivity contribution in [3.63, 3.8) is 0 Å². The molecule has 0 unspecified atom stereocenters. The molecule has 2 aromatic heterocycles. The number of hydrogen-bond acceptors (Lipinski definition) is 7. The molecular weight excluding hydrogens is 448 g/mol. The van der Waals surface area contributed by atoms with Crippen LogP contribution in [0.15, 0.2) is 42.6 Å². The average Bonchev–Trinajstić information content (AvgIpc) is 3.24. The van der Waals surface area contributed by atoms with E-state index in [1.54, 1.807) is 0 Å². The molecule has 1 saturated heterocycles. The number of alkyl halides is 3. The summed E-state index contributed by atoms with van der Waals surface area (Å²) in [5.74, 6) is -0.303. The molecule has 1 aromatic carbocycles. The molecule has 4 rings (SSSR count). The van der Waals surface area contributed by atoms with Gasteiger partial charge in [-0.05, 0) is 36.4 Å². The van der Waals surface area contributed by atoms with Crippen molar-refractivity contribution in [3.8, 4) is 0 Å². The second-order valence-electron chi connectivity index (χ2n) is 7.13. The van der Waals surface area contributed by atoms with Crippen molar-refractivity contribution in [2.24, 2.45) is 0 Å². The quantitative estimate of drug-likeness (QED) is 0.579. The minimum atomic E-state index is -4.40. The fraction of sp³-hybridized carbons (Fsp3) is 0.300. The third-order valence-corrected chi connectivity index (χ3v) is 5.80. The van der Waals surface area contributed by atoms with E-state index in [0.717, 1.165) is 12.3 Å². The number of piperazine rings is 1. The molecule has 0 atom stereocenters. The van der Waals surface area contributed by atoms with Gasteiger partial charge in [0.15, 0.2) is 0 Å². The van der Waals surface area contributed by atoms with Gasteiger partial charge in [0.1, 0.15) is 16.6 Å². The number of benzene rings is 1. The molecule has 32 heavy (non-hydrogen) atoms. The minimum absolute atomic E-state index is 0.205. The fourth-order valence-electron chi connectivity index (χ4n) is 3.19. The average molecular weight is 466 g/mol. The molecule has 3 heterocycles. The van der Waals surface area contributed by atoms with Gasteiger partial charge in [0, 0.05) is 38.1 Å². The maximum absolute atomic E-state index is 13.0. The summed E-state index contributed by atoms with van der Waals surface area (Å²) in [5, 5.41) is 11.5. The Balaban J connectivity index is 1.29. The maximum Gasteiger partial charge on any atom is 0.417 e. The number of aromatic nitrogens is 3. The van der Waals surface area contributed by atoms with Crippen LogP contribution in [0.1, 0.15) is 20.4 Å². The third kappa shape index (κ3) is 5.37. The van der Waals surface area contributed by atoms with E-state index < -0.39 is 23.5 Å². The Morgan fingerprint density at radius 3 is 2.38 bits per heavy atom. The molecule has 0 radical (unpaired) electrons. The zero-order valence-electron chi connectivity index (χ0n) is 16.6. The van der Waals surface area contributed by atoms with E-state index in [-0.39, 0.29) is 5.01 Å². The zero-order chi connectivity index (χ0) is 22.7. The van der Waals surface area contributed by atoms with Crippen molar-refractivity contribution in [2.45, 2.75) is 12.7 Å². The lowest BCUT2D eigenvalue weighted by atomic mass is 10.2. The summed E-state index contributed by atoms with van der Waals surface area (Å²) < 4.78 is 51.0. The van der Waals surface area contributed by atoms with Gasteiger partial charge in [-0.15, -0.1) is 10.2 Å². The van der Waals surface area contributed by atoms with E-state index in [9.17, 15) is 22.4 Å². The molecule has 1 aliphatic heterocycles. The van der Waals surface area contributed by atoms with Crippen molar-refractivity contribution in [3.05, 3.63) is 64.0 Å². The lowest BCUT2D eigenvalue weighted by Crippen LogP contribution is -2.46. The second kappa shape index (κ2) is 9.17. The van der Waals surface area contributed by atoms with Gasteiger partial charge in [-0.25, -0.2) is 9.37 Å². The molecule has 1 aliphatic rings. The highest BCUT2D eigenvalue weighted by atomic mass is 32.1. The summed E-state index contributed by atoms with van der Waals surface area (Å²) in [6, 6.07) is 7.84. The van der Waals surface area contributed by atoms with Crippen LogP contribution in [0.4, 0.5) is 29.1 Å². The van der Waals surface area contributed by atoms with Crippen molar-refractivity contribution in [2.75, 3.05) is 36.4 Å². The Hall–Kier alpha value is -3.12. The summed E-state index contributed by atoms with van der Waals surface area (Å²) in [5.41, 5.74) is -0.309. The SMILES string of the molecule is O=C(Nc1ccc(F)cc1)c1nnc(CN2CCN(c3ccc(C(F)(F)F)cn3)CC2)s1. The van der Waals surface area contributed by atoms with Gasteiger partial charge in [-0.1, -0.05) is 11.3 Å². The van der Waals surface area contributed by atoms with Crippen molar-refractivity contribution in [1.29, 1.82) is 0 Å². The van der Waals surface area contributed by atoms with Gasteiger partial charge < -0.3 is 10.2 Å². The fourth-order valence-corrected chi connectivity index (χ4v) is 3.97. The van der Waals surface area contributed by atoms with Gasteiger partial charge in [0.25, 0.3) is 5.91 Å². The Bertz CT molecular complexity index is 1060. The number of rotatable bonds is 5. The molecule has 0 saturated carbocycles. The number of halogens is 4. The first-order valence-electron chi connectivity index (χ1n) is 9.68. The van der Waals surface area contributed by atoms with E-state index in [0.29, 0.717) is 49.2 Å². The van der Waals surface area contributed by atoms with Gasteiger partial charge in [-0.3, -0.25) is 9.69 Å². The molecule has 1 amide bonds. The van der Waals surface area contributed by atoms with Crippen LogP contribution in [0.25, 0.3) is 0 Å². The van der Waals surface area contributed by atoms with Crippen molar-refractivity contribution in [1.82, 2.24) is 20.1 Å². The highest BCUT2D eigenvalue weighted by Gasteiger charge is 2.31. The molecular formula is C20H18F4N6OS. The van der Waals surface area contributed by atoms with Crippen LogP contribution >= 0.6 is 11.3 Å². The van der Waals surface area contributed by atoms with Crippen LogP contribution in [0.5, 0.6) is 0 Å². The number of nitrogens with one attached hydrogen (secondary N) is 1. The summed E-state index contributed by atoms with van der Waals surface area (Å²) in [6.07, 6.45) is -3.55. The highest BCUT2D eigenvalue weighted by molar-refractivity contribution is 7.13. The smallest absolute Gasteiger partial charge is 0.354 e. The Labute approximate surface area is 184 Å². The minimum Gasteiger partial charge on any atom is -0.354 e. The number of hydrogen-bond donors (Lipinski definition) is 1. The standard InChI is InChI=1S/C20H18F4N6OS/c21-14-2-4-15(5-3-14)26-18(31)19-28-27-17(32-19)12-29-7-9-30(10-8-29)16-6-1-13(11-25-16)20(22,23)24/h1-6,11H,7-10,12H2,(H,26,31).